The number of hydrogen-bond acceptors (Lipinski definition) is 6. The summed E-state index contributed by atoms with van der Waals surface area (Å²) in [5.41, 5.74) is 2.49. The predicted molar refractivity (Wildman–Crippen MR) is 108 cm³/mol. The van der Waals surface area contributed by atoms with E-state index in [0.717, 1.165) is 32.5 Å². The summed E-state index contributed by atoms with van der Waals surface area (Å²) in [6.07, 6.45) is 3.73. The molecule has 1 atom stereocenters. The first-order valence-corrected chi connectivity index (χ1v) is 9.99. The van der Waals surface area contributed by atoms with Crippen molar-refractivity contribution in [2.24, 2.45) is 7.05 Å². The summed E-state index contributed by atoms with van der Waals surface area (Å²) in [4.78, 5) is 25.6. The molecule has 1 amide bonds. The molecule has 0 radical (unpaired) electrons. The molecule has 5 rings (SSSR count). The van der Waals surface area contributed by atoms with Gasteiger partial charge in [0.05, 0.1) is 29.8 Å². The van der Waals surface area contributed by atoms with Crippen LogP contribution >= 0.6 is 11.3 Å². The zero-order valence-electron chi connectivity index (χ0n) is 15.6. The van der Waals surface area contributed by atoms with Crippen molar-refractivity contribution < 1.29 is 9.53 Å². The average Bonchev–Trinajstić information content (AvgIpc) is 3.28. The molecule has 0 N–H and O–H groups in total. The van der Waals surface area contributed by atoms with Gasteiger partial charge in [-0.25, -0.2) is 9.97 Å². The number of thiophene rings is 1. The number of nitrogens with zero attached hydrogens (tertiary/aromatic N) is 5. The van der Waals surface area contributed by atoms with Crippen LogP contribution < -0.4 is 0 Å². The third-order valence-corrected chi connectivity index (χ3v) is 6.02. The summed E-state index contributed by atoms with van der Waals surface area (Å²) in [6.45, 7) is 3.82. The van der Waals surface area contributed by atoms with Gasteiger partial charge in [-0.05, 0) is 31.2 Å². The van der Waals surface area contributed by atoms with Crippen LogP contribution in [0, 0.1) is 0 Å². The standard InChI is InChI=1S/C20H19N5O2S/c1-12-11-27-6-5-25(12)20(26)17-8-13-3-4-16(22-19(13)28-17)14-7-15-10-24(2)23-18(15)21-9-14/h3-4,7-10,12H,5-6,11H2,1-2H3/t12-/m0/s1. The largest absolute Gasteiger partial charge is 0.377 e. The highest BCUT2D eigenvalue weighted by Gasteiger charge is 2.26. The number of aromatic nitrogens is 4. The molecule has 28 heavy (non-hydrogen) atoms. The molecule has 7 nitrogen and oxygen atoms in total. The van der Waals surface area contributed by atoms with Gasteiger partial charge < -0.3 is 9.64 Å². The highest BCUT2D eigenvalue weighted by Crippen LogP contribution is 2.29. The monoisotopic (exact) mass is 393 g/mol. The number of carbonyl (C=O) groups excluding carboxylic acids is 1. The molecule has 4 aromatic rings. The van der Waals surface area contributed by atoms with Crippen molar-refractivity contribution >= 4 is 38.5 Å². The summed E-state index contributed by atoms with van der Waals surface area (Å²) >= 11 is 1.44. The lowest BCUT2D eigenvalue weighted by Gasteiger charge is -2.32. The SMILES string of the molecule is C[C@H]1COCCN1C(=O)c1cc2ccc(-c3cnc4nn(C)cc4c3)nc2s1. The van der Waals surface area contributed by atoms with Crippen molar-refractivity contribution in [3.8, 4) is 11.3 Å². The van der Waals surface area contributed by atoms with E-state index in [2.05, 4.69) is 10.1 Å². The Balaban J connectivity index is 1.49. The first kappa shape index (κ1) is 17.3. The molecule has 1 aliphatic rings. The molecule has 1 saturated heterocycles. The Morgan fingerprint density at radius 1 is 1.29 bits per heavy atom. The van der Waals surface area contributed by atoms with Crippen LogP contribution in [0.3, 0.4) is 0 Å². The summed E-state index contributed by atoms with van der Waals surface area (Å²) in [5, 5.41) is 6.26. The molecule has 1 aliphatic heterocycles. The van der Waals surface area contributed by atoms with Gasteiger partial charge in [-0.3, -0.25) is 9.48 Å². The van der Waals surface area contributed by atoms with Crippen LogP contribution in [-0.4, -0.2) is 56.4 Å². The number of carbonyl (C=O) groups is 1. The topological polar surface area (TPSA) is 73.1 Å². The average molecular weight is 393 g/mol. The maximum Gasteiger partial charge on any atom is 0.264 e. The number of aryl methyl sites for hydroxylation is 1. The normalized spacial score (nSPS) is 17.5. The molecular weight excluding hydrogens is 374 g/mol. The lowest BCUT2D eigenvalue weighted by molar-refractivity contribution is 0.00387. The minimum atomic E-state index is 0.0544. The Labute approximate surface area is 165 Å². The minimum Gasteiger partial charge on any atom is -0.377 e. The molecule has 142 valence electrons. The summed E-state index contributed by atoms with van der Waals surface area (Å²) < 4.78 is 7.19. The molecule has 0 bridgehead atoms. The number of pyridine rings is 2. The lowest BCUT2D eigenvalue weighted by Crippen LogP contribution is -2.46. The van der Waals surface area contributed by atoms with E-state index in [1.807, 2.05) is 49.3 Å². The summed E-state index contributed by atoms with van der Waals surface area (Å²) in [6, 6.07) is 8.05. The Hall–Kier alpha value is -2.84. The zero-order valence-corrected chi connectivity index (χ0v) is 16.4. The van der Waals surface area contributed by atoms with Crippen molar-refractivity contribution in [3.63, 3.8) is 0 Å². The van der Waals surface area contributed by atoms with Gasteiger partial charge in [0.25, 0.3) is 5.91 Å². The first-order chi connectivity index (χ1) is 13.6. The fourth-order valence-corrected chi connectivity index (χ4v) is 4.51. The van der Waals surface area contributed by atoms with Crippen LogP contribution in [0.4, 0.5) is 0 Å². The number of rotatable bonds is 2. The van der Waals surface area contributed by atoms with Gasteiger partial charge in [0.1, 0.15) is 4.83 Å². The van der Waals surface area contributed by atoms with Crippen LogP contribution in [0.1, 0.15) is 16.6 Å². The first-order valence-electron chi connectivity index (χ1n) is 9.17. The van der Waals surface area contributed by atoms with Gasteiger partial charge in [0, 0.05) is 42.3 Å². The number of morpholine rings is 1. The van der Waals surface area contributed by atoms with Crippen molar-refractivity contribution in [1.82, 2.24) is 24.6 Å². The number of fused-ring (bicyclic) bond motifs is 2. The number of amides is 1. The quantitative estimate of drug-likeness (QED) is 0.523. The van der Waals surface area contributed by atoms with Crippen LogP contribution in [-0.2, 0) is 11.8 Å². The molecule has 0 aromatic carbocycles. The Bertz CT molecular complexity index is 1200. The maximum atomic E-state index is 12.9. The predicted octanol–water partition coefficient (Wildman–Crippen LogP) is 3.11. The van der Waals surface area contributed by atoms with Crippen molar-refractivity contribution in [2.75, 3.05) is 19.8 Å². The molecule has 8 heteroatoms. The Morgan fingerprint density at radius 3 is 3.04 bits per heavy atom. The second-order valence-corrected chi connectivity index (χ2v) is 8.09. The Kier molecular flexibility index (Phi) is 4.10. The third kappa shape index (κ3) is 2.94. The fraction of sp³-hybridized carbons (Fsp3) is 0.300. The van der Waals surface area contributed by atoms with E-state index in [1.54, 1.807) is 10.9 Å². The van der Waals surface area contributed by atoms with Gasteiger partial charge in [0.15, 0.2) is 5.65 Å². The van der Waals surface area contributed by atoms with Gasteiger partial charge >= 0.3 is 0 Å². The van der Waals surface area contributed by atoms with E-state index >= 15 is 0 Å². The second kappa shape index (κ2) is 6.65. The molecule has 0 aliphatic carbocycles. The highest BCUT2D eigenvalue weighted by molar-refractivity contribution is 7.20. The van der Waals surface area contributed by atoms with E-state index < -0.39 is 0 Å². The third-order valence-electron chi connectivity index (χ3n) is 4.99. The van der Waals surface area contributed by atoms with Crippen molar-refractivity contribution in [1.29, 1.82) is 0 Å². The zero-order chi connectivity index (χ0) is 19.3. The molecule has 4 aromatic heterocycles. The van der Waals surface area contributed by atoms with Gasteiger partial charge in [0.2, 0.25) is 0 Å². The van der Waals surface area contributed by atoms with E-state index in [1.165, 1.54) is 11.3 Å². The second-order valence-electron chi connectivity index (χ2n) is 7.06. The summed E-state index contributed by atoms with van der Waals surface area (Å²) in [5.74, 6) is 0.0544. The van der Waals surface area contributed by atoms with E-state index in [9.17, 15) is 4.79 Å². The fourth-order valence-electron chi connectivity index (χ4n) is 3.53. The molecule has 0 saturated carbocycles. The van der Waals surface area contributed by atoms with Crippen LogP contribution in [0.5, 0.6) is 0 Å². The molecular formula is C20H19N5O2S. The van der Waals surface area contributed by atoms with Gasteiger partial charge in [-0.15, -0.1) is 11.3 Å². The van der Waals surface area contributed by atoms with E-state index in [4.69, 9.17) is 9.72 Å². The molecule has 0 unspecified atom stereocenters. The van der Waals surface area contributed by atoms with Crippen LogP contribution in [0.15, 0.2) is 36.7 Å². The molecule has 5 heterocycles. The summed E-state index contributed by atoms with van der Waals surface area (Å²) in [7, 11) is 1.88. The number of hydrogen-bond donors (Lipinski definition) is 0. The van der Waals surface area contributed by atoms with Crippen molar-refractivity contribution in [2.45, 2.75) is 13.0 Å². The smallest absolute Gasteiger partial charge is 0.264 e. The van der Waals surface area contributed by atoms with Crippen LogP contribution in [0.2, 0.25) is 0 Å². The Morgan fingerprint density at radius 2 is 2.18 bits per heavy atom. The van der Waals surface area contributed by atoms with Gasteiger partial charge in [-0.1, -0.05) is 0 Å². The highest BCUT2D eigenvalue weighted by atomic mass is 32.1. The lowest BCUT2D eigenvalue weighted by atomic mass is 10.1. The van der Waals surface area contributed by atoms with E-state index in [-0.39, 0.29) is 11.9 Å². The van der Waals surface area contributed by atoms with Crippen molar-refractivity contribution in [3.05, 3.63) is 41.5 Å². The molecule has 0 spiro atoms. The minimum absolute atomic E-state index is 0.0544. The maximum absolute atomic E-state index is 12.9. The number of ether oxygens (including phenoxy) is 1. The van der Waals surface area contributed by atoms with Gasteiger partial charge in [-0.2, -0.15) is 5.10 Å². The van der Waals surface area contributed by atoms with Crippen LogP contribution in [0.25, 0.3) is 32.5 Å². The van der Waals surface area contributed by atoms with E-state index in [0.29, 0.717) is 24.6 Å². The molecule has 1 fully saturated rings.